The largest absolute Gasteiger partial charge is 0.368 e. The molecule has 2 amide bonds. The number of amides is 2. The maximum atomic E-state index is 13.5. The second-order valence-corrected chi connectivity index (χ2v) is 10.9. The zero-order valence-electron chi connectivity index (χ0n) is 18.6. The molecule has 168 valence electrons. The molecule has 0 unspecified atom stereocenters. The molecule has 3 atom stereocenters. The van der Waals surface area contributed by atoms with E-state index in [1.54, 1.807) is 16.7 Å². The van der Waals surface area contributed by atoms with Gasteiger partial charge >= 0.3 is 0 Å². The lowest BCUT2D eigenvalue weighted by atomic mass is 9.76. The average Bonchev–Trinajstić information content (AvgIpc) is 3.09. The monoisotopic (exact) mass is 457 g/mol. The second-order valence-electron chi connectivity index (χ2n) is 9.13. The highest BCUT2D eigenvalue weighted by Gasteiger charge is 2.64. The molecular weight excluding hydrogens is 430 g/mol. The number of hydrogen-bond acceptors (Lipinski definition) is 4. The van der Waals surface area contributed by atoms with E-state index in [9.17, 15) is 9.59 Å². The zero-order valence-corrected chi connectivity index (χ0v) is 19.5. The SMILES string of the molecule is CC1(C)S[C@@H]2[C@H](NC(c3ccccc3)(c3ccccc3)c3ccccc3)C(=O)N2[C@H]1C(N)=O. The number of nitrogens with zero attached hydrogens (tertiary/aromatic N) is 1. The summed E-state index contributed by atoms with van der Waals surface area (Å²) in [5, 5.41) is 3.60. The molecule has 2 aliphatic heterocycles. The van der Waals surface area contributed by atoms with Crippen molar-refractivity contribution in [1.29, 1.82) is 0 Å². The third-order valence-corrected chi connectivity index (χ3v) is 8.27. The molecule has 0 aromatic heterocycles. The van der Waals surface area contributed by atoms with E-state index < -0.39 is 28.3 Å². The second kappa shape index (κ2) is 8.04. The van der Waals surface area contributed by atoms with Gasteiger partial charge in [0.15, 0.2) is 0 Å². The summed E-state index contributed by atoms with van der Waals surface area (Å²) >= 11 is 1.63. The maximum absolute atomic E-state index is 13.5. The molecule has 6 heteroatoms. The van der Waals surface area contributed by atoms with Crippen molar-refractivity contribution in [3.8, 4) is 0 Å². The first-order chi connectivity index (χ1) is 15.9. The zero-order chi connectivity index (χ0) is 23.2. The fourth-order valence-corrected chi connectivity index (χ4v) is 6.90. The fraction of sp³-hybridized carbons (Fsp3) is 0.259. The number of carbonyl (C=O) groups excluding carboxylic acids is 2. The van der Waals surface area contributed by atoms with Gasteiger partial charge in [0.1, 0.15) is 17.5 Å². The van der Waals surface area contributed by atoms with Gasteiger partial charge in [-0.3, -0.25) is 14.9 Å². The Kier molecular flexibility index (Phi) is 5.30. The number of fused-ring (bicyclic) bond motifs is 1. The molecule has 3 aromatic carbocycles. The molecule has 0 spiro atoms. The van der Waals surface area contributed by atoms with Gasteiger partial charge in [0.05, 0.1) is 5.54 Å². The standard InChI is InChI=1S/C27H27N3O2S/c1-26(2)22(23(28)31)30-24(32)21(25(30)33-26)29-27(18-12-6-3-7-13-18,19-14-8-4-9-15-19)20-16-10-5-11-17-20/h3-17,21-22,25,29H,1-2H3,(H2,28,31)/t21-,22+,25-/m1/s1. The summed E-state index contributed by atoms with van der Waals surface area (Å²) in [7, 11) is 0. The first kappa shape index (κ1) is 21.7. The molecule has 0 bridgehead atoms. The number of nitrogens with two attached hydrogens (primary N) is 1. The van der Waals surface area contributed by atoms with Gasteiger partial charge in [-0.05, 0) is 30.5 Å². The Morgan fingerprint density at radius 1 is 0.879 bits per heavy atom. The van der Waals surface area contributed by atoms with Crippen molar-refractivity contribution in [2.75, 3.05) is 0 Å². The highest BCUT2D eigenvalue weighted by Crippen LogP contribution is 2.52. The van der Waals surface area contributed by atoms with E-state index in [1.165, 1.54) is 0 Å². The van der Waals surface area contributed by atoms with Crippen LogP contribution < -0.4 is 11.1 Å². The molecule has 5 rings (SSSR count). The van der Waals surface area contributed by atoms with Crippen LogP contribution in [0.2, 0.25) is 0 Å². The van der Waals surface area contributed by atoms with Gasteiger partial charge < -0.3 is 10.6 Å². The molecule has 2 heterocycles. The van der Waals surface area contributed by atoms with Gasteiger partial charge in [-0.1, -0.05) is 91.0 Å². The topological polar surface area (TPSA) is 75.4 Å². The smallest absolute Gasteiger partial charge is 0.244 e. The summed E-state index contributed by atoms with van der Waals surface area (Å²) in [6.07, 6.45) is 0. The number of nitrogens with one attached hydrogen (secondary N) is 1. The molecule has 3 N–H and O–H groups in total. The Morgan fingerprint density at radius 2 is 1.30 bits per heavy atom. The lowest BCUT2D eigenvalue weighted by molar-refractivity contribution is -0.153. The number of hydrogen-bond donors (Lipinski definition) is 2. The molecule has 2 saturated heterocycles. The minimum atomic E-state index is -0.744. The lowest BCUT2D eigenvalue weighted by Crippen LogP contribution is -2.73. The van der Waals surface area contributed by atoms with Crippen LogP contribution in [-0.2, 0) is 15.1 Å². The van der Waals surface area contributed by atoms with Crippen molar-refractivity contribution in [3.05, 3.63) is 108 Å². The number of rotatable bonds is 6. The average molecular weight is 458 g/mol. The van der Waals surface area contributed by atoms with Crippen LogP contribution in [0.25, 0.3) is 0 Å². The Labute approximate surface area is 198 Å². The van der Waals surface area contributed by atoms with Crippen LogP contribution in [0, 0.1) is 0 Å². The minimum Gasteiger partial charge on any atom is -0.368 e. The number of thioether (sulfide) groups is 1. The summed E-state index contributed by atoms with van der Waals surface area (Å²) in [5.41, 5.74) is 8.09. The van der Waals surface area contributed by atoms with E-state index in [1.807, 2.05) is 68.4 Å². The van der Waals surface area contributed by atoms with Crippen molar-refractivity contribution < 1.29 is 9.59 Å². The van der Waals surface area contributed by atoms with Crippen molar-refractivity contribution >= 4 is 23.6 Å². The summed E-state index contributed by atoms with van der Waals surface area (Å²) in [5.74, 6) is -0.545. The third kappa shape index (κ3) is 3.36. The van der Waals surface area contributed by atoms with Crippen LogP contribution in [0.1, 0.15) is 30.5 Å². The Hall–Kier alpha value is -3.09. The number of carbonyl (C=O) groups is 2. The highest BCUT2D eigenvalue weighted by molar-refractivity contribution is 8.01. The molecule has 5 nitrogen and oxygen atoms in total. The fourth-order valence-electron chi connectivity index (χ4n) is 5.26. The van der Waals surface area contributed by atoms with Gasteiger partial charge in [-0.15, -0.1) is 11.8 Å². The van der Waals surface area contributed by atoms with Crippen LogP contribution in [0.4, 0.5) is 0 Å². The summed E-state index contributed by atoms with van der Waals surface area (Å²) < 4.78 is -0.447. The van der Waals surface area contributed by atoms with Gasteiger partial charge in [0, 0.05) is 4.75 Å². The molecule has 2 fully saturated rings. The molecule has 0 aliphatic carbocycles. The highest BCUT2D eigenvalue weighted by atomic mass is 32.2. The van der Waals surface area contributed by atoms with Crippen LogP contribution in [0.15, 0.2) is 91.0 Å². The Morgan fingerprint density at radius 3 is 1.70 bits per heavy atom. The lowest BCUT2D eigenvalue weighted by Gasteiger charge is -2.49. The van der Waals surface area contributed by atoms with E-state index in [4.69, 9.17) is 5.73 Å². The van der Waals surface area contributed by atoms with Crippen molar-refractivity contribution in [2.24, 2.45) is 5.73 Å². The number of primary amides is 1. The Bertz CT molecular complexity index is 1070. The predicted molar refractivity (Wildman–Crippen MR) is 131 cm³/mol. The van der Waals surface area contributed by atoms with E-state index >= 15 is 0 Å². The Balaban J connectivity index is 1.64. The molecule has 2 aliphatic rings. The van der Waals surface area contributed by atoms with Crippen LogP contribution in [0.5, 0.6) is 0 Å². The summed E-state index contributed by atoms with van der Waals surface area (Å²) in [6.45, 7) is 3.96. The van der Waals surface area contributed by atoms with Gasteiger partial charge in [-0.25, -0.2) is 0 Å². The van der Waals surface area contributed by atoms with Crippen molar-refractivity contribution in [3.63, 3.8) is 0 Å². The molecule has 3 aromatic rings. The van der Waals surface area contributed by atoms with Gasteiger partial charge in [0.25, 0.3) is 0 Å². The maximum Gasteiger partial charge on any atom is 0.244 e. The number of benzene rings is 3. The van der Waals surface area contributed by atoms with Crippen molar-refractivity contribution in [1.82, 2.24) is 10.2 Å². The van der Waals surface area contributed by atoms with Crippen molar-refractivity contribution in [2.45, 2.75) is 41.6 Å². The molecule has 33 heavy (non-hydrogen) atoms. The molecule has 0 saturated carbocycles. The summed E-state index contributed by atoms with van der Waals surface area (Å²) in [4.78, 5) is 27.3. The van der Waals surface area contributed by atoms with E-state index in [0.29, 0.717) is 0 Å². The van der Waals surface area contributed by atoms with Crippen LogP contribution in [-0.4, -0.2) is 38.9 Å². The van der Waals surface area contributed by atoms with E-state index in [-0.39, 0.29) is 11.3 Å². The van der Waals surface area contributed by atoms with Gasteiger partial charge in [-0.2, -0.15) is 0 Å². The number of β-lactam (4-membered cyclic amide) rings is 1. The first-order valence-electron chi connectivity index (χ1n) is 11.1. The van der Waals surface area contributed by atoms with Crippen LogP contribution in [0.3, 0.4) is 0 Å². The quantitative estimate of drug-likeness (QED) is 0.439. The molecular formula is C27H27N3O2S. The van der Waals surface area contributed by atoms with E-state index in [0.717, 1.165) is 16.7 Å². The summed E-state index contributed by atoms with van der Waals surface area (Å²) in [6, 6.07) is 29.5. The first-order valence-corrected chi connectivity index (χ1v) is 12.0. The third-order valence-electron chi connectivity index (χ3n) is 6.70. The normalized spacial score (nSPS) is 23.6. The molecule has 0 radical (unpaired) electrons. The van der Waals surface area contributed by atoms with Gasteiger partial charge in [0.2, 0.25) is 11.8 Å². The minimum absolute atomic E-state index is 0.0888. The van der Waals surface area contributed by atoms with E-state index in [2.05, 4.69) is 41.7 Å². The van der Waals surface area contributed by atoms with Crippen LogP contribution >= 0.6 is 11.8 Å². The predicted octanol–water partition coefficient (Wildman–Crippen LogP) is 3.48.